The van der Waals surface area contributed by atoms with Crippen molar-refractivity contribution in [1.82, 2.24) is 15.1 Å². The van der Waals surface area contributed by atoms with Crippen LogP contribution in [0.25, 0.3) is 0 Å². The van der Waals surface area contributed by atoms with Gasteiger partial charge in [0.25, 0.3) is 0 Å². The van der Waals surface area contributed by atoms with Gasteiger partial charge in [0, 0.05) is 38.8 Å². The van der Waals surface area contributed by atoms with Crippen LogP contribution in [0.2, 0.25) is 0 Å². The monoisotopic (exact) mass is 514 g/mol. The molecule has 1 N–H and O–H groups in total. The van der Waals surface area contributed by atoms with E-state index in [1.807, 2.05) is 11.8 Å². The van der Waals surface area contributed by atoms with E-state index in [1.54, 1.807) is 18.2 Å². The molecule has 36 heavy (non-hydrogen) atoms. The van der Waals surface area contributed by atoms with Gasteiger partial charge < -0.3 is 15.0 Å². The van der Waals surface area contributed by atoms with E-state index in [-0.39, 0.29) is 24.0 Å². The van der Waals surface area contributed by atoms with E-state index < -0.39 is 24.5 Å². The Bertz CT molecular complexity index is 938. The highest BCUT2D eigenvalue weighted by atomic mass is 19.3. The summed E-state index contributed by atoms with van der Waals surface area (Å²) in [5.41, 5.74) is -0.212. The summed E-state index contributed by atoms with van der Waals surface area (Å²) < 4.78 is 56.6. The minimum absolute atomic E-state index is 0.131. The third kappa shape index (κ3) is 5.94. The average molecular weight is 515 g/mol. The highest BCUT2D eigenvalue weighted by Gasteiger charge is 2.49. The molecule has 1 aromatic rings. The number of carbonyl (C=O) groups excluding carboxylic acids is 2. The summed E-state index contributed by atoms with van der Waals surface area (Å²) in [5, 5.41) is 3.37. The smallest absolute Gasteiger partial charge is 0.340 e. The SMILES string of the molecule is CC1(NC2CCC2)CC(=O)N(CCCN2CCN(c3ccccc3OCC(F)(F)C(F)F)CC2)C1=O. The lowest BCUT2D eigenvalue weighted by molar-refractivity contribution is -0.148. The number of halogens is 4. The fourth-order valence-electron chi connectivity index (χ4n) is 4.97. The molecule has 7 nitrogen and oxygen atoms in total. The van der Waals surface area contributed by atoms with Crippen LogP contribution in [-0.2, 0) is 9.59 Å². The fourth-order valence-corrected chi connectivity index (χ4v) is 4.97. The number of ether oxygens (including phenoxy) is 1. The van der Waals surface area contributed by atoms with E-state index in [0.717, 1.165) is 25.8 Å². The van der Waals surface area contributed by atoms with Gasteiger partial charge in [0.2, 0.25) is 11.8 Å². The van der Waals surface area contributed by atoms with Gasteiger partial charge in [0.05, 0.1) is 12.1 Å². The molecule has 2 heterocycles. The maximum absolute atomic E-state index is 13.3. The van der Waals surface area contributed by atoms with Crippen LogP contribution in [0.3, 0.4) is 0 Å². The molecular formula is C25H34F4N4O3. The minimum atomic E-state index is -4.21. The zero-order chi connectivity index (χ0) is 25.9. The third-order valence-corrected chi connectivity index (χ3v) is 7.32. The van der Waals surface area contributed by atoms with Gasteiger partial charge in [0.15, 0.2) is 6.61 Å². The van der Waals surface area contributed by atoms with Gasteiger partial charge in [-0.3, -0.25) is 19.4 Å². The summed E-state index contributed by atoms with van der Waals surface area (Å²) in [4.78, 5) is 31.0. The quantitative estimate of drug-likeness (QED) is 0.362. The molecule has 0 spiro atoms. The van der Waals surface area contributed by atoms with Crippen molar-refractivity contribution in [2.45, 2.75) is 63.0 Å². The average Bonchev–Trinajstić information content (AvgIpc) is 3.04. The number of carbonyl (C=O) groups is 2. The Hall–Kier alpha value is -2.40. The number of nitrogens with one attached hydrogen (secondary N) is 1. The summed E-state index contributed by atoms with van der Waals surface area (Å²) in [6.07, 6.45) is 0.321. The predicted molar refractivity (Wildman–Crippen MR) is 127 cm³/mol. The first kappa shape index (κ1) is 26.7. The number of anilines is 1. The van der Waals surface area contributed by atoms with Gasteiger partial charge in [-0.05, 0) is 44.9 Å². The predicted octanol–water partition coefficient (Wildman–Crippen LogP) is 3.14. The lowest BCUT2D eigenvalue weighted by atomic mass is 9.89. The second-order valence-corrected chi connectivity index (χ2v) is 10.1. The number of amides is 2. The Kier molecular flexibility index (Phi) is 8.09. The number of piperazine rings is 1. The second kappa shape index (κ2) is 10.9. The summed E-state index contributed by atoms with van der Waals surface area (Å²) in [7, 11) is 0. The molecule has 200 valence electrons. The number of para-hydroxylation sites is 2. The van der Waals surface area contributed by atoms with Crippen molar-refractivity contribution < 1.29 is 31.9 Å². The Morgan fingerprint density at radius 3 is 2.44 bits per heavy atom. The fraction of sp³-hybridized carbons (Fsp3) is 0.680. The largest absolute Gasteiger partial charge is 0.485 e. The van der Waals surface area contributed by atoms with E-state index in [1.165, 1.54) is 11.0 Å². The molecule has 0 aromatic heterocycles. The number of rotatable bonds is 11. The minimum Gasteiger partial charge on any atom is -0.485 e. The molecule has 3 aliphatic rings. The Morgan fingerprint density at radius 1 is 1.11 bits per heavy atom. The zero-order valence-corrected chi connectivity index (χ0v) is 20.5. The maximum Gasteiger partial charge on any atom is 0.340 e. The maximum atomic E-state index is 13.3. The van der Waals surface area contributed by atoms with Crippen LogP contribution in [-0.4, -0.2) is 91.4 Å². The van der Waals surface area contributed by atoms with E-state index in [0.29, 0.717) is 50.9 Å². The number of nitrogens with zero attached hydrogens (tertiary/aromatic N) is 3. The molecule has 2 amide bonds. The van der Waals surface area contributed by atoms with Crippen molar-refractivity contribution in [1.29, 1.82) is 0 Å². The van der Waals surface area contributed by atoms with E-state index in [9.17, 15) is 27.2 Å². The van der Waals surface area contributed by atoms with E-state index in [4.69, 9.17) is 4.74 Å². The van der Waals surface area contributed by atoms with Crippen molar-refractivity contribution in [3.05, 3.63) is 24.3 Å². The van der Waals surface area contributed by atoms with Crippen molar-refractivity contribution >= 4 is 17.5 Å². The topological polar surface area (TPSA) is 65.1 Å². The molecule has 1 aliphatic carbocycles. The number of imide groups is 1. The van der Waals surface area contributed by atoms with Gasteiger partial charge >= 0.3 is 12.3 Å². The molecule has 1 saturated carbocycles. The first-order chi connectivity index (χ1) is 17.1. The van der Waals surface area contributed by atoms with Gasteiger partial charge in [-0.1, -0.05) is 18.6 Å². The summed E-state index contributed by atoms with van der Waals surface area (Å²) in [6.45, 7) is 4.15. The molecule has 2 saturated heterocycles. The molecule has 3 fully saturated rings. The van der Waals surface area contributed by atoms with Crippen LogP contribution < -0.4 is 15.0 Å². The Labute approximate surface area is 208 Å². The van der Waals surface area contributed by atoms with Gasteiger partial charge in [-0.2, -0.15) is 8.78 Å². The number of benzene rings is 1. The van der Waals surface area contributed by atoms with Crippen molar-refractivity contribution in [3.8, 4) is 5.75 Å². The lowest BCUT2D eigenvalue weighted by Crippen LogP contribution is -2.55. The van der Waals surface area contributed by atoms with Crippen LogP contribution in [0, 0.1) is 0 Å². The van der Waals surface area contributed by atoms with Crippen molar-refractivity contribution in [2.75, 3.05) is 50.8 Å². The van der Waals surface area contributed by atoms with E-state index >= 15 is 0 Å². The molecule has 0 bridgehead atoms. The molecule has 2 aliphatic heterocycles. The van der Waals surface area contributed by atoms with Gasteiger partial charge in [-0.25, -0.2) is 8.78 Å². The lowest BCUT2D eigenvalue weighted by Gasteiger charge is -2.37. The third-order valence-electron chi connectivity index (χ3n) is 7.32. The van der Waals surface area contributed by atoms with Gasteiger partial charge in [-0.15, -0.1) is 0 Å². The molecule has 1 aromatic carbocycles. The van der Waals surface area contributed by atoms with Crippen LogP contribution in [0.15, 0.2) is 24.3 Å². The Morgan fingerprint density at radius 2 is 1.81 bits per heavy atom. The molecule has 11 heteroatoms. The van der Waals surface area contributed by atoms with Crippen LogP contribution in [0.5, 0.6) is 5.75 Å². The first-order valence-corrected chi connectivity index (χ1v) is 12.6. The summed E-state index contributed by atoms with van der Waals surface area (Å²) in [5.74, 6) is -4.34. The van der Waals surface area contributed by atoms with Crippen LogP contribution in [0.4, 0.5) is 23.2 Å². The molecule has 1 atom stereocenters. The molecule has 0 radical (unpaired) electrons. The first-order valence-electron chi connectivity index (χ1n) is 12.6. The number of hydrogen-bond donors (Lipinski definition) is 1. The van der Waals surface area contributed by atoms with Crippen molar-refractivity contribution in [2.24, 2.45) is 0 Å². The number of likely N-dealkylation sites (tertiary alicyclic amines) is 1. The second-order valence-electron chi connectivity index (χ2n) is 10.1. The number of hydrogen-bond acceptors (Lipinski definition) is 6. The Balaban J connectivity index is 1.23. The zero-order valence-electron chi connectivity index (χ0n) is 20.5. The van der Waals surface area contributed by atoms with Crippen LogP contribution in [0.1, 0.15) is 39.0 Å². The highest BCUT2D eigenvalue weighted by molar-refractivity contribution is 6.08. The standard InChI is InChI=1S/C25H34F4N4O3/c1-24(30-18-6-4-7-18)16-21(34)33(23(24)35)11-5-10-31-12-14-32(15-13-31)19-8-2-3-9-20(19)36-17-25(28,29)22(26)27/h2-3,8-9,18,22,30H,4-7,10-17H2,1H3. The summed E-state index contributed by atoms with van der Waals surface area (Å²) >= 11 is 0. The van der Waals surface area contributed by atoms with E-state index in [2.05, 4.69) is 10.2 Å². The molecular weight excluding hydrogens is 480 g/mol. The summed E-state index contributed by atoms with van der Waals surface area (Å²) in [6, 6.07) is 6.91. The van der Waals surface area contributed by atoms with Crippen molar-refractivity contribution in [3.63, 3.8) is 0 Å². The normalized spacial score (nSPS) is 24.1. The van der Waals surface area contributed by atoms with Crippen LogP contribution >= 0.6 is 0 Å². The molecule has 4 rings (SSSR count). The highest BCUT2D eigenvalue weighted by Crippen LogP contribution is 2.32. The number of alkyl halides is 4. The van der Waals surface area contributed by atoms with Gasteiger partial charge in [0.1, 0.15) is 11.3 Å². The molecule has 1 unspecified atom stereocenters.